The SMILES string of the molecule is NC(=O)C1(S(=O)N2CCC(CCCCC(F)(F)C(F)(F)F)CC2)CCOCC1. The summed E-state index contributed by atoms with van der Waals surface area (Å²) < 4.78 is 81.1. The molecule has 1 unspecified atom stereocenters. The molecule has 11 heteroatoms. The highest BCUT2D eigenvalue weighted by Crippen LogP contribution is 2.39. The molecule has 0 aromatic heterocycles. The Labute approximate surface area is 163 Å². The van der Waals surface area contributed by atoms with Crippen LogP contribution in [0.5, 0.6) is 0 Å². The molecule has 2 fully saturated rings. The van der Waals surface area contributed by atoms with Crippen molar-refractivity contribution in [2.45, 2.75) is 68.2 Å². The number of unbranched alkanes of at least 4 members (excludes halogenated alkanes) is 1. The fourth-order valence-corrected chi connectivity index (χ4v) is 5.47. The summed E-state index contributed by atoms with van der Waals surface area (Å²) in [6, 6.07) is 0. The molecule has 0 aromatic carbocycles. The number of amides is 1. The van der Waals surface area contributed by atoms with Gasteiger partial charge in [-0.2, -0.15) is 22.0 Å². The van der Waals surface area contributed by atoms with Gasteiger partial charge in [-0.25, -0.2) is 8.51 Å². The number of alkyl halides is 5. The molecule has 1 amide bonds. The highest BCUT2D eigenvalue weighted by molar-refractivity contribution is 7.85. The molecule has 2 heterocycles. The largest absolute Gasteiger partial charge is 0.453 e. The molecule has 5 nitrogen and oxygen atoms in total. The summed E-state index contributed by atoms with van der Waals surface area (Å²) in [5.41, 5.74) is 5.53. The third-order valence-corrected chi connectivity index (χ3v) is 7.77. The van der Waals surface area contributed by atoms with Gasteiger partial charge in [0.1, 0.15) is 15.7 Å². The Kier molecular flexibility index (Phi) is 7.83. The third kappa shape index (κ3) is 5.41. The summed E-state index contributed by atoms with van der Waals surface area (Å²) in [6.45, 7) is 1.61. The molecule has 0 saturated carbocycles. The van der Waals surface area contributed by atoms with Crippen LogP contribution >= 0.6 is 0 Å². The van der Waals surface area contributed by atoms with Crippen molar-refractivity contribution < 1.29 is 35.7 Å². The second-order valence-corrected chi connectivity index (χ2v) is 9.34. The van der Waals surface area contributed by atoms with Gasteiger partial charge in [-0.1, -0.05) is 12.8 Å². The normalized spacial score (nSPS) is 23.5. The average molecular weight is 434 g/mol. The zero-order valence-corrected chi connectivity index (χ0v) is 16.4. The summed E-state index contributed by atoms with van der Waals surface area (Å²) in [5.74, 6) is -5.05. The standard InChI is InChI=1S/C17H27F5N2O3S/c18-16(19,17(20,21)22)6-2-1-3-13-4-9-24(10-5-13)28(26)15(14(23)25)7-11-27-12-8-15/h13H,1-12H2,(H2,23,25). The Balaban J connectivity index is 1.76. The van der Waals surface area contributed by atoms with Gasteiger partial charge in [0.2, 0.25) is 5.91 Å². The van der Waals surface area contributed by atoms with Crippen LogP contribution in [0, 0.1) is 5.92 Å². The quantitative estimate of drug-likeness (QED) is 0.471. The molecule has 28 heavy (non-hydrogen) atoms. The lowest BCUT2D eigenvalue weighted by Crippen LogP contribution is -2.56. The highest BCUT2D eigenvalue weighted by Gasteiger charge is 2.56. The Morgan fingerprint density at radius 1 is 1.11 bits per heavy atom. The van der Waals surface area contributed by atoms with Gasteiger partial charge in [0.25, 0.3) is 0 Å². The molecule has 0 aliphatic carbocycles. The van der Waals surface area contributed by atoms with Crippen molar-refractivity contribution in [1.82, 2.24) is 4.31 Å². The minimum Gasteiger partial charge on any atom is -0.381 e. The van der Waals surface area contributed by atoms with E-state index in [4.69, 9.17) is 10.5 Å². The van der Waals surface area contributed by atoms with Crippen LogP contribution in [0.3, 0.4) is 0 Å². The molecule has 0 bridgehead atoms. The maximum absolute atomic E-state index is 13.0. The summed E-state index contributed by atoms with van der Waals surface area (Å²) in [7, 11) is -1.57. The first kappa shape index (κ1) is 23.5. The van der Waals surface area contributed by atoms with E-state index in [1.165, 1.54) is 0 Å². The van der Waals surface area contributed by atoms with Gasteiger partial charge in [-0.05, 0) is 38.0 Å². The van der Waals surface area contributed by atoms with E-state index < -0.39 is 40.2 Å². The zero-order chi connectivity index (χ0) is 21.0. The number of primary amides is 1. The van der Waals surface area contributed by atoms with Gasteiger partial charge in [0, 0.05) is 32.7 Å². The first-order valence-electron chi connectivity index (χ1n) is 9.49. The van der Waals surface area contributed by atoms with Gasteiger partial charge >= 0.3 is 12.1 Å². The number of nitrogens with zero attached hydrogens (tertiary/aromatic N) is 1. The molecule has 0 aromatic rings. The number of halogens is 5. The lowest BCUT2D eigenvalue weighted by molar-refractivity contribution is -0.284. The van der Waals surface area contributed by atoms with Crippen LogP contribution in [0.1, 0.15) is 51.4 Å². The smallest absolute Gasteiger partial charge is 0.381 e. The monoisotopic (exact) mass is 434 g/mol. The minimum absolute atomic E-state index is 0.187. The van der Waals surface area contributed by atoms with E-state index in [0.717, 1.165) is 0 Å². The summed E-state index contributed by atoms with van der Waals surface area (Å²) in [6.07, 6.45) is -4.09. The van der Waals surface area contributed by atoms with Gasteiger partial charge in [-0.3, -0.25) is 4.79 Å². The fourth-order valence-electron chi connectivity index (χ4n) is 3.74. The molecular weight excluding hydrogens is 407 g/mol. The predicted molar refractivity (Wildman–Crippen MR) is 93.9 cm³/mol. The second kappa shape index (κ2) is 9.34. The number of hydrogen-bond acceptors (Lipinski definition) is 3. The number of nitrogens with two attached hydrogens (primary N) is 1. The van der Waals surface area contributed by atoms with Gasteiger partial charge in [0.05, 0.1) is 0 Å². The Morgan fingerprint density at radius 2 is 1.68 bits per heavy atom. The van der Waals surface area contributed by atoms with E-state index in [2.05, 4.69) is 0 Å². The Morgan fingerprint density at radius 3 is 2.18 bits per heavy atom. The minimum atomic E-state index is -5.50. The molecule has 2 rings (SSSR count). The van der Waals surface area contributed by atoms with Crippen LogP contribution in [-0.4, -0.2) is 57.6 Å². The molecular formula is C17H27F5N2O3S. The average Bonchev–Trinajstić information content (AvgIpc) is 2.64. The molecule has 0 radical (unpaired) electrons. The van der Waals surface area contributed by atoms with Gasteiger partial charge in [-0.15, -0.1) is 0 Å². The number of carbonyl (C=O) groups excluding carboxylic acids is 1. The lowest BCUT2D eigenvalue weighted by atomic mass is 9.92. The summed E-state index contributed by atoms with van der Waals surface area (Å²) in [5, 5.41) is 0. The van der Waals surface area contributed by atoms with Crippen molar-refractivity contribution >= 4 is 16.9 Å². The van der Waals surface area contributed by atoms with E-state index >= 15 is 0 Å². The molecule has 2 aliphatic rings. The predicted octanol–water partition coefficient (Wildman–Crippen LogP) is 3.15. The Bertz CT molecular complexity index is 559. The maximum atomic E-state index is 13.0. The van der Waals surface area contributed by atoms with Crippen molar-refractivity contribution in [3.05, 3.63) is 0 Å². The number of ether oxygens (including phenoxy) is 1. The van der Waals surface area contributed by atoms with Crippen molar-refractivity contribution in [3.8, 4) is 0 Å². The van der Waals surface area contributed by atoms with E-state index in [1.54, 1.807) is 4.31 Å². The third-order valence-electron chi connectivity index (χ3n) is 5.66. The molecule has 2 saturated heterocycles. The van der Waals surface area contributed by atoms with Crippen LogP contribution in [0.4, 0.5) is 22.0 Å². The van der Waals surface area contributed by atoms with Crippen LogP contribution in [0.2, 0.25) is 0 Å². The summed E-state index contributed by atoms with van der Waals surface area (Å²) in [4.78, 5) is 12.0. The van der Waals surface area contributed by atoms with Crippen LogP contribution < -0.4 is 5.73 Å². The highest BCUT2D eigenvalue weighted by atomic mass is 32.2. The first-order valence-corrected chi connectivity index (χ1v) is 10.6. The number of hydrogen-bond donors (Lipinski definition) is 1. The summed E-state index contributed by atoms with van der Waals surface area (Å²) >= 11 is 0. The van der Waals surface area contributed by atoms with E-state index in [9.17, 15) is 31.0 Å². The first-order chi connectivity index (χ1) is 13.0. The second-order valence-electron chi connectivity index (χ2n) is 7.54. The fraction of sp³-hybridized carbons (Fsp3) is 0.941. The zero-order valence-electron chi connectivity index (χ0n) is 15.6. The van der Waals surface area contributed by atoms with Gasteiger partial charge < -0.3 is 10.5 Å². The van der Waals surface area contributed by atoms with Crippen molar-refractivity contribution in [3.63, 3.8) is 0 Å². The molecule has 2 N–H and O–H groups in total. The topological polar surface area (TPSA) is 72.6 Å². The van der Waals surface area contributed by atoms with E-state index in [0.29, 0.717) is 64.8 Å². The van der Waals surface area contributed by atoms with E-state index in [1.807, 2.05) is 0 Å². The van der Waals surface area contributed by atoms with Crippen molar-refractivity contribution in [2.75, 3.05) is 26.3 Å². The van der Waals surface area contributed by atoms with Crippen LogP contribution in [0.25, 0.3) is 0 Å². The molecule has 0 spiro atoms. The molecule has 164 valence electrons. The van der Waals surface area contributed by atoms with Crippen LogP contribution in [-0.2, 0) is 20.5 Å². The van der Waals surface area contributed by atoms with E-state index in [-0.39, 0.29) is 12.3 Å². The number of piperidine rings is 1. The molecule has 1 atom stereocenters. The van der Waals surface area contributed by atoms with Crippen molar-refractivity contribution in [2.24, 2.45) is 11.7 Å². The maximum Gasteiger partial charge on any atom is 0.453 e. The molecule has 2 aliphatic heterocycles. The van der Waals surface area contributed by atoms with Crippen molar-refractivity contribution in [1.29, 1.82) is 0 Å². The number of rotatable bonds is 8. The lowest BCUT2D eigenvalue weighted by Gasteiger charge is -2.39. The van der Waals surface area contributed by atoms with Crippen LogP contribution in [0.15, 0.2) is 0 Å². The Hall–Kier alpha value is -0.810. The number of carbonyl (C=O) groups is 1. The van der Waals surface area contributed by atoms with Gasteiger partial charge in [0.15, 0.2) is 0 Å².